The van der Waals surface area contributed by atoms with E-state index in [1.165, 1.54) is 21.3 Å². The first-order chi connectivity index (χ1) is 16.1. The van der Waals surface area contributed by atoms with E-state index in [2.05, 4.69) is 16.0 Å². The van der Waals surface area contributed by atoms with Crippen LogP contribution in [0.1, 0.15) is 36.7 Å². The highest BCUT2D eigenvalue weighted by molar-refractivity contribution is 5.96. The number of nitrogens with one attached hydrogen (secondary N) is 3. The normalized spacial score (nSPS) is 10.6. The first-order valence-corrected chi connectivity index (χ1v) is 10.5. The van der Waals surface area contributed by atoms with Crippen LogP contribution >= 0.6 is 0 Å². The van der Waals surface area contributed by atoms with E-state index >= 15 is 0 Å². The summed E-state index contributed by atoms with van der Waals surface area (Å²) in [6.45, 7) is 5.18. The van der Waals surface area contributed by atoms with Crippen molar-refractivity contribution in [3.05, 3.63) is 47.5 Å². The van der Waals surface area contributed by atoms with Gasteiger partial charge in [0.25, 0.3) is 5.91 Å². The second kappa shape index (κ2) is 11.8. The number of amides is 3. The lowest BCUT2D eigenvalue weighted by molar-refractivity contribution is -0.115. The Morgan fingerprint density at radius 3 is 2.09 bits per heavy atom. The second-order valence-corrected chi connectivity index (χ2v) is 8.20. The van der Waals surface area contributed by atoms with Crippen molar-refractivity contribution in [1.29, 1.82) is 0 Å². The average Bonchev–Trinajstić information content (AvgIpc) is 2.79. The molecule has 0 aliphatic carbocycles. The molecule has 0 saturated carbocycles. The van der Waals surface area contributed by atoms with Gasteiger partial charge < -0.3 is 34.9 Å². The molecule has 0 radical (unpaired) electrons. The van der Waals surface area contributed by atoms with Crippen molar-refractivity contribution in [2.45, 2.75) is 32.9 Å². The molecule has 2 aromatic rings. The second-order valence-electron chi connectivity index (χ2n) is 8.20. The molecule has 0 aliphatic rings. The van der Waals surface area contributed by atoms with Crippen molar-refractivity contribution in [1.82, 2.24) is 10.6 Å². The van der Waals surface area contributed by atoms with E-state index in [-0.39, 0.29) is 19.0 Å². The van der Waals surface area contributed by atoms with Gasteiger partial charge in [-0.05, 0) is 50.6 Å². The Kier molecular flexibility index (Phi) is 9.11. The number of rotatable bonds is 9. The first kappa shape index (κ1) is 26.3. The molecule has 0 atom stereocenters. The number of carbonyl (C=O) groups excluding carboxylic acids is 3. The Labute approximate surface area is 198 Å². The van der Waals surface area contributed by atoms with E-state index < -0.39 is 17.6 Å². The number of carbonyl (C=O) groups is 3. The summed E-state index contributed by atoms with van der Waals surface area (Å²) >= 11 is 0. The van der Waals surface area contributed by atoms with Crippen molar-refractivity contribution >= 4 is 23.6 Å². The number of alkyl carbamates (subject to hydrolysis) is 1. The Bertz CT molecular complexity index is 1010. The van der Waals surface area contributed by atoms with Crippen molar-refractivity contribution in [3.8, 4) is 17.2 Å². The lowest BCUT2D eigenvalue weighted by atomic mass is 10.1. The van der Waals surface area contributed by atoms with Crippen LogP contribution in [0.4, 0.5) is 10.5 Å². The molecule has 0 bridgehead atoms. The van der Waals surface area contributed by atoms with Gasteiger partial charge in [-0.3, -0.25) is 9.59 Å². The molecule has 0 heterocycles. The van der Waals surface area contributed by atoms with Gasteiger partial charge in [0.15, 0.2) is 11.5 Å². The number of benzene rings is 2. The van der Waals surface area contributed by atoms with E-state index in [0.29, 0.717) is 28.5 Å². The summed E-state index contributed by atoms with van der Waals surface area (Å²) in [4.78, 5) is 36.5. The average molecular weight is 474 g/mol. The number of methoxy groups -OCH3 is 3. The molecule has 2 rings (SSSR count). The molecule has 3 amide bonds. The van der Waals surface area contributed by atoms with E-state index in [1.807, 2.05) is 6.07 Å². The number of hydrogen-bond acceptors (Lipinski definition) is 7. The molecule has 0 fully saturated rings. The third-order valence-electron chi connectivity index (χ3n) is 4.38. The van der Waals surface area contributed by atoms with Crippen molar-refractivity contribution in [2.24, 2.45) is 0 Å². The van der Waals surface area contributed by atoms with E-state index in [0.717, 1.165) is 5.56 Å². The minimum Gasteiger partial charge on any atom is -0.493 e. The Hall–Kier alpha value is -3.95. The van der Waals surface area contributed by atoms with Gasteiger partial charge in [-0.1, -0.05) is 12.1 Å². The van der Waals surface area contributed by atoms with Crippen molar-refractivity contribution < 1.29 is 33.3 Å². The zero-order valence-corrected chi connectivity index (χ0v) is 20.2. The predicted octanol–water partition coefficient (Wildman–Crippen LogP) is 3.11. The summed E-state index contributed by atoms with van der Waals surface area (Å²) in [6, 6.07) is 10.1. The molecular formula is C24H31N3O7. The maximum absolute atomic E-state index is 12.7. The molecule has 3 N–H and O–H groups in total. The number of anilines is 1. The SMILES string of the molecule is COc1cc(C(=O)NCc2cccc(NC(=O)CNC(=O)OC(C)(C)C)c2)cc(OC)c1OC. The van der Waals surface area contributed by atoms with Gasteiger partial charge in [0, 0.05) is 17.8 Å². The third-order valence-corrected chi connectivity index (χ3v) is 4.38. The fraction of sp³-hybridized carbons (Fsp3) is 0.375. The highest BCUT2D eigenvalue weighted by atomic mass is 16.6. The van der Waals surface area contributed by atoms with E-state index in [9.17, 15) is 14.4 Å². The molecular weight excluding hydrogens is 442 g/mol. The van der Waals surface area contributed by atoms with Crippen LogP contribution < -0.4 is 30.2 Å². The van der Waals surface area contributed by atoms with Gasteiger partial charge in [0.05, 0.1) is 21.3 Å². The summed E-state index contributed by atoms with van der Waals surface area (Å²) in [5.74, 6) is 0.388. The van der Waals surface area contributed by atoms with E-state index in [4.69, 9.17) is 18.9 Å². The summed E-state index contributed by atoms with van der Waals surface area (Å²) < 4.78 is 20.9. The summed E-state index contributed by atoms with van der Waals surface area (Å²) in [5.41, 5.74) is 0.975. The zero-order chi connectivity index (χ0) is 25.3. The van der Waals surface area contributed by atoms with Crippen LogP contribution in [0.2, 0.25) is 0 Å². The molecule has 10 heteroatoms. The Morgan fingerprint density at radius 2 is 1.53 bits per heavy atom. The van der Waals surface area contributed by atoms with Crippen LogP contribution in [0.25, 0.3) is 0 Å². The fourth-order valence-corrected chi connectivity index (χ4v) is 2.93. The summed E-state index contributed by atoms with van der Waals surface area (Å²) in [7, 11) is 4.43. The largest absolute Gasteiger partial charge is 0.493 e. The molecule has 34 heavy (non-hydrogen) atoms. The lowest BCUT2D eigenvalue weighted by Gasteiger charge is -2.19. The van der Waals surface area contributed by atoms with Crippen LogP contribution in [0.3, 0.4) is 0 Å². The van der Waals surface area contributed by atoms with Gasteiger partial charge >= 0.3 is 6.09 Å². The minimum atomic E-state index is -0.675. The van der Waals surface area contributed by atoms with Gasteiger partial charge in [-0.15, -0.1) is 0 Å². The molecule has 0 spiro atoms. The fourth-order valence-electron chi connectivity index (χ4n) is 2.93. The Balaban J connectivity index is 1.96. The molecule has 0 aliphatic heterocycles. The maximum Gasteiger partial charge on any atom is 0.408 e. The predicted molar refractivity (Wildman–Crippen MR) is 127 cm³/mol. The molecule has 0 saturated heterocycles. The lowest BCUT2D eigenvalue weighted by Crippen LogP contribution is -2.37. The van der Waals surface area contributed by atoms with Crippen molar-refractivity contribution in [3.63, 3.8) is 0 Å². The summed E-state index contributed by atoms with van der Waals surface area (Å²) in [6.07, 6.45) is -0.675. The number of hydrogen-bond donors (Lipinski definition) is 3. The minimum absolute atomic E-state index is 0.218. The van der Waals surface area contributed by atoms with Crippen LogP contribution in [-0.4, -0.2) is 51.4 Å². The smallest absolute Gasteiger partial charge is 0.408 e. The van der Waals surface area contributed by atoms with Crippen LogP contribution in [0.15, 0.2) is 36.4 Å². The summed E-state index contributed by atoms with van der Waals surface area (Å²) in [5, 5.41) is 7.91. The monoisotopic (exact) mass is 473 g/mol. The van der Waals surface area contributed by atoms with Gasteiger partial charge in [-0.2, -0.15) is 0 Å². The molecule has 184 valence electrons. The Morgan fingerprint density at radius 1 is 0.882 bits per heavy atom. The quantitative estimate of drug-likeness (QED) is 0.511. The van der Waals surface area contributed by atoms with Gasteiger partial charge in [-0.25, -0.2) is 4.79 Å². The van der Waals surface area contributed by atoms with Crippen molar-refractivity contribution in [2.75, 3.05) is 33.2 Å². The van der Waals surface area contributed by atoms with Gasteiger partial charge in [0.2, 0.25) is 11.7 Å². The van der Waals surface area contributed by atoms with Crippen LogP contribution in [-0.2, 0) is 16.1 Å². The molecule has 0 aromatic heterocycles. The number of ether oxygens (including phenoxy) is 4. The van der Waals surface area contributed by atoms with Crippen LogP contribution in [0, 0.1) is 0 Å². The van der Waals surface area contributed by atoms with Gasteiger partial charge in [0.1, 0.15) is 12.1 Å². The molecule has 2 aromatic carbocycles. The molecule has 0 unspecified atom stereocenters. The zero-order valence-electron chi connectivity index (χ0n) is 20.2. The topological polar surface area (TPSA) is 124 Å². The van der Waals surface area contributed by atoms with E-state index in [1.54, 1.807) is 51.1 Å². The first-order valence-electron chi connectivity index (χ1n) is 10.5. The molecule has 10 nitrogen and oxygen atoms in total. The third kappa shape index (κ3) is 7.88. The van der Waals surface area contributed by atoms with Crippen LogP contribution in [0.5, 0.6) is 17.2 Å². The maximum atomic E-state index is 12.7. The highest BCUT2D eigenvalue weighted by Gasteiger charge is 2.18. The highest BCUT2D eigenvalue weighted by Crippen LogP contribution is 2.38. The standard InChI is InChI=1S/C24H31N3O7/c1-24(2,3)34-23(30)26-14-20(28)27-17-9-7-8-15(10-17)13-25-22(29)16-11-18(31-4)21(33-6)19(12-16)32-5/h7-12H,13-14H2,1-6H3,(H,25,29)(H,26,30)(H,27,28).